The second-order valence-electron chi connectivity index (χ2n) is 10.4. The Morgan fingerprint density at radius 3 is 1.42 bits per heavy atom. The van der Waals surface area contributed by atoms with Crippen molar-refractivity contribution in [1.29, 1.82) is 0 Å². The molecule has 1 aliphatic rings. The van der Waals surface area contributed by atoms with Gasteiger partial charge in [0.15, 0.2) is 36.2 Å². The van der Waals surface area contributed by atoms with Crippen molar-refractivity contribution in [1.82, 2.24) is 0 Å². The molecule has 0 saturated heterocycles. The summed E-state index contributed by atoms with van der Waals surface area (Å²) in [7, 11) is 3.21. The Labute approximate surface area is 251 Å². The Bertz CT molecular complexity index is 1410. The molecule has 2 amide bonds. The predicted octanol–water partition coefficient (Wildman–Crippen LogP) is 6.79. The molecule has 2 N–H and O–H groups in total. The molecule has 8 nitrogen and oxygen atoms in total. The number of rotatable bonds is 12. The quantitative estimate of drug-likeness (QED) is 0.192. The van der Waals surface area contributed by atoms with Crippen LogP contribution in [0.4, 0.5) is 11.4 Å². The lowest BCUT2D eigenvalue weighted by Crippen LogP contribution is -2.20. The van der Waals surface area contributed by atoms with Crippen LogP contribution in [-0.2, 0) is 9.59 Å². The number of methoxy groups -OCH3 is 2. The van der Waals surface area contributed by atoms with E-state index in [2.05, 4.69) is 22.8 Å². The lowest BCUT2D eigenvalue weighted by Gasteiger charge is -2.17. The van der Waals surface area contributed by atoms with E-state index >= 15 is 0 Å². The fourth-order valence-corrected chi connectivity index (χ4v) is 5.43. The minimum atomic E-state index is -0.238. The predicted molar refractivity (Wildman–Crippen MR) is 166 cm³/mol. The van der Waals surface area contributed by atoms with Crippen molar-refractivity contribution in [3.8, 4) is 23.0 Å². The van der Waals surface area contributed by atoms with Crippen LogP contribution in [0.3, 0.4) is 0 Å². The Balaban J connectivity index is 1.16. The second kappa shape index (κ2) is 14.3. The molecule has 1 aliphatic carbocycles. The van der Waals surface area contributed by atoms with Crippen molar-refractivity contribution in [2.45, 2.75) is 31.1 Å². The van der Waals surface area contributed by atoms with Gasteiger partial charge in [-0.05, 0) is 90.8 Å². The van der Waals surface area contributed by atoms with Crippen LogP contribution in [0.2, 0.25) is 0 Å². The summed E-state index contributed by atoms with van der Waals surface area (Å²) in [4.78, 5) is 24.6. The van der Waals surface area contributed by atoms with Crippen molar-refractivity contribution in [2.24, 2.45) is 0 Å². The van der Waals surface area contributed by atoms with Crippen LogP contribution in [0, 0.1) is 0 Å². The molecule has 8 heteroatoms. The molecule has 0 radical (unpaired) electrons. The molecule has 4 aromatic rings. The number of carbonyl (C=O) groups excluding carboxylic acids is 2. The minimum Gasteiger partial charge on any atom is -0.493 e. The van der Waals surface area contributed by atoms with E-state index in [9.17, 15) is 9.59 Å². The fourth-order valence-electron chi connectivity index (χ4n) is 5.43. The molecule has 2 atom stereocenters. The van der Waals surface area contributed by atoms with Gasteiger partial charge in [0.05, 0.1) is 14.2 Å². The van der Waals surface area contributed by atoms with Gasteiger partial charge in [-0.2, -0.15) is 0 Å². The average molecular weight is 581 g/mol. The van der Waals surface area contributed by atoms with E-state index in [1.54, 1.807) is 14.2 Å². The van der Waals surface area contributed by atoms with E-state index in [1.165, 1.54) is 11.1 Å². The van der Waals surface area contributed by atoms with Crippen molar-refractivity contribution < 1.29 is 28.5 Å². The van der Waals surface area contributed by atoms with E-state index in [-0.39, 0.29) is 25.0 Å². The van der Waals surface area contributed by atoms with Crippen LogP contribution >= 0.6 is 0 Å². The SMILES string of the molecule is COc1cc([C@@H]2CC[C@H](c3ccc(OCC(=O)Nc4ccccc4)c(OC)c3)C2)ccc1OCC(=O)Nc1ccccc1. The maximum Gasteiger partial charge on any atom is 0.262 e. The van der Waals surface area contributed by atoms with Crippen LogP contribution in [0.1, 0.15) is 42.2 Å². The number of ether oxygens (including phenoxy) is 4. The smallest absolute Gasteiger partial charge is 0.262 e. The summed E-state index contributed by atoms with van der Waals surface area (Å²) < 4.78 is 22.8. The highest BCUT2D eigenvalue weighted by Crippen LogP contribution is 2.46. The van der Waals surface area contributed by atoms with E-state index in [0.717, 1.165) is 30.6 Å². The molecule has 0 aliphatic heterocycles. The van der Waals surface area contributed by atoms with Gasteiger partial charge in [-0.25, -0.2) is 0 Å². The van der Waals surface area contributed by atoms with Crippen molar-refractivity contribution in [3.05, 3.63) is 108 Å². The highest BCUT2D eigenvalue weighted by atomic mass is 16.5. The molecule has 5 rings (SSSR count). The number of hydrogen-bond donors (Lipinski definition) is 2. The molecular weight excluding hydrogens is 544 g/mol. The average Bonchev–Trinajstić information content (AvgIpc) is 3.54. The number of anilines is 2. The highest BCUT2D eigenvalue weighted by Gasteiger charge is 2.28. The van der Waals surface area contributed by atoms with Crippen LogP contribution in [0.5, 0.6) is 23.0 Å². The third-order valence-corrected chi connectivity index (χ3v) is 7.58. The van der Waals surface area contributed by atoms with E-state index in [1.807, 2.05) is 84.9 Å². The molecule has 0 unspecified atom stereocenters. The number of benzene rings is 4. The minimum absolute atomic E-state index is 0.116. The van der Waals surface area contributed by atoms with E-state index in [0.29, 0.717) is 34.8 Å². The molecule has 0 spiro atoms. The zero-order valence-electron chi connectivity index (χ0n) is 24.4. The van der Waals surface area contributed by atoms with Gasteiger partial charge in [-0.3, -0.25) is 9.59 Å². The molecule has 0 bridgehead atoms. The van der Waals surface area contributed by atoms with Gasteiger partial charge >= 0.3 is 0 Å². The summed E-state index contributed by atoms with van der Waals surface area (Å²) >= 11 is 0. The monoisotopic (exact) mass is 580 g/mol. The molecular formula is C35H36N2O6. The largest absolute Gasteiger partial charge is 0.493 e. The molecule has 0 heterocycles. The summed E-state index contributed by atoms with van der Waals surface area (Å²) in [6, 6.07) is 30.4. The van der Waals surface area contributed by atoms with Crippen LogP contribution in [0.25, 0.3) is 0 Å². The second-order valence-corrected chi connectivity index (χ2v) is 10.4. The Morgan fingerprint density at radius 1 is 0.605 bits per heavy atom. The molecule has 1 fully saturated rings. The molecule has 0 aromatic heterocycles. The molecule has 4 aromatic carbocycles. The first kappa shape index (κ1) is 29.5. The number of carbonyl (C=O) groups is 2. The van der Waals surface area contributed by atoms with Crippen LogP contribution < -0.4 is 29.6 Å². The van der Waals surface area contributed by atoms with Gasteiger partial charge in [0.25, 0.3) is 11.8 Å². The maximum absolute atomic E-state index is 12.3. The summed E-state index contributed by atoms with van der Waals surface area (Å²) in [5, 5.41) is 5.64. The lowest BCUT2D eigenvalue weighted by molar-refractivity contribution is -0.118. The molecule has 1 saturated carbocycles. The van der Waals surface area contributed by atoms with Gasteiger partial charge < -0.3 is 29.6 Å². The number of hydrogen-bond acceptors (Lipinski definition) is 6. The highest BCUT2D eigenvalue weighted by molar-refractivity contribution is 5.92. The van der Waals surface area contributed by atoms with Gasteiger partial charge in [0.1, 0.15) is 0 Å². The maximum atomic E-state index is 12.3. The standard InChI is InChI=1S/C35H36N2O6/c1-40-32-20-26(15-17-30(32)42-22-34(38)36-28-9-5-3-6-10-28)24-13-14-25(19-24)27-16-18-31(33(21-27)41-2)43-23-35(39)37-29-11-7-4-8-12-29/h3-12,15-18,20-21,24-25H,13-14,19,22-23H2,1-2H3,(H,36,38)(H,37,39)/t24-,25+. The molecule has 222 valence electrons. The van der Waals surface area contributed by atoms with E-state index in [4.69, 9.17) is 18.9 Å². The first-order valence-corrected chi connectivity index (χ1v) is 14.3. The summed E-state index contributed by atoms with van der Waals surface area (Å²) in [5.74, 6) is 2.51. The van der Waals surface area contributed by atoms with Crippen LogP contribution in [0.15, 0.2) is 97.1 Å². The topological polar surface area (TPSA) is 95.1 Å². The summed E-state index contributed by atoms with van der Waals surface area (Å²) in [6.45, 7) is -0.231. The fraction of sp³-hybridized carbons (Fsp3) is 0.257. The van der Waals surface area contributed by atoms with Gasteiger partial charge in [-0.1, -0.05) is 48.5 Å². The van der Waals surface area contributed by atoms with Gasteiger partial charge in [0, 0.05) is 11.4 Å². The molecule has 43 heavy (non-hydrogen) atoms. The Hall–Kier alpha value is -4.98. The van der Waals surface area contributed by atoms with E-state index < -0.39 is 0 Å². The lowest BCUT2D eigenvalue weighted by atomic mass is 9.92. The first-order chi connectivity index (χ1) is 21.0. The van der Waals surface area contributed by atoms with Crippen molar-refractivity contribution >= 4 is 23.2 Å². The Morgan fingerprint density at radius 2 is 1.02 bits per heavy atom. The number of nitrogens with one attached hydrogen (secondary N) is 2. The number of amides is 2. The first-order valence-electron chi connectivity index (χ1n) is 14.3. The number of para-hydroxylation sites is 2. The normalized spacial score (nSPS) is 15.8. The summed E-state index contributed by atoms with van der Waals surface area (Å²) in [6.07, 6.45) is 3.05. The van der Waals surface area contributed by atoms with Crippen LogP contribution in [-0.4, -0.2) is 39.2 Å². The van der Waals surface area contributed by atoms with Crippen molar-refractivity contribution in [3.63, 3.8) is 0 Å². The zero-order chi connectivity index (χ0) is 30.0. The summed E-state index contributed by atoms with van der Waals surface area (Å²) in [5.41, 5.74) is 3.80. The van der Waals surface area contributed by atoms with Gasteiger partial charge in [-0.15, -0.1) is 0 Å². The van der Waals surface area contributed by atoms with Gasteiger partial charge in [0.2, 0.25) is 0 Å². The zero-order valence-corrected chi connectivity index (χ0v) is 24.4. The Kier molecular flexibility index (Phi) is 9.79. The van der Waals surface area contributed by atoms with Crippen molar-refractivity contribution in [2.75, 3.05) is 38.1 Å². The third kappa shape index (κ3) is 7.86. The third-order valence-electron chi connectivity index (χ3n) is 7.58.